The van der Waals surface area contributed by atoms with E-state index in [4.69, 9.17) is 18.9 Å². The number of phenols is 1. The number of methoxy groups -OCH3 is 1. The molecule has 5 atom stereocenters. The van der Waals surface area contributed by atoms with Gasteiger partial charge in [0.1, 0.15) is 18.4 Å². The van der Waals surface area contributed by atoms with Crippen molar-refractivity contribution in [1.82, 2.24) is 10.2 Å². The van der Waals surface area contributed by atoms with Crippen molar-refractivity contribution >= 4 is 17.5 Å². The number of ether oxygens (including phenoxy) is 4. The van der Waals surface area contributed by atoms with Crippen LogP contribution in [0.4, 0.5) is 0 Å². The highest BCUT2D eigenvalue weighted by molar-refractivity contribution is 6.25. The van der Waals surface area contributed by atoms with Crippen LogP contribution < -0.4 is 14.8 Å². The number of hydrogen-bond acceptors (Lipinski definition) is 11. The first-order valence-corrected chi connectivity index (χ1v) is 13.6. The molecule has 4 aliphatic heterocycles. The molecular formula is C30H31N3O8. The van der Waals surface area contributed by atoms with Gasteiger partial charge in [-0.15, -0.1) is 0 Å². The van der Waals surface area contributed by atoms with Crippen LogP contribution >= 0.6 is 0 Å². The number of nitrogens with zero attached hydrogens (tertiary/aromatic N) is 2. The second-order valence-electron chi connectivity index (χ2n) is 11.0. The van der Waals surface area contributed by atoms with E-state index in [1.54, 1.807) is 33.8 Å². The Morgan fingerprint density at radius 1 is 1.22 bits per heavy atom. The molecular weight excluding hydrogens is 530 g/mol. The predicted octanol–water partition coefficient (Wildman–Crippen LogP) is 2.21. The molecule has 5 aliphatic rings. The lowest BCUT2D eigenvalue weighted by Gasteiger charge is -2.56. The SMILES string of the molecule is C/C=C(/C)C(=O)OC[C@H]1c2c(c(O)c(C)c3c2OCO3)C[C@H]2[C@@H]3N[C@@H](CC4=C3C(=O)C(OC)=C(C)C4=O)[C@H](C#N)N12. The average molecular weight is 562 g/mol. The van der Waals surface area contributed by atoms with E-state index in [0.717, 1.165) is 0 Å². The zero-order chi connectivity index (χ0) is 29.3. The lowest BCUT2D eigenvalue weighted by molar-refractivity contribution is -0.142. The summed E-state index contributed by atoms with van der Waals surface area (Å²) in [5.41, 5.74) is 3.06. The summed E-state index contributed by atoms with van der Waals surface area (Å²) >= 11 is 0. The number of nitrogens with one attached hydrogen (secondary N) is 1. The van der Waals surface area contributed by atoms with Crippen LogP contribution in [-0.4, -0.2) is 72.2 Å². The summed E-state index contributed by atoms with van der Waals surface area (Å²) in [4.78, 5) is 41.9. The molecule has 41 heavy (non-hydrogen) atoms. The first kappa shape index (κ1) is 27.1. The van der Waals surface area contributed by atoms with Crippen molar-refractivity contribution < 1.29 is 38.4 Å². The number of ketones is 2. The van der Waals surface area contributed by atoms with Gasteiger partial charge in [0.15, 0.2) is 23.0 Å². The molecule has 0 spiro atoms. The number of piperazine rings is 1. The first-order valence-electron chi connectivity index (χ1n) is 13.6. The molecule has 1 fully saturated rings. The summed E-state index contributed by atoms with van der Waals surface area (Å²) < 4.78 is 22.7. The molecule has 4 heterocycles. The van der Waals surface area contributed by atoms with Gasteiger partial charge >= 0.3 is 5.97 Å². The topological polar surface area (TPSA) is 147 Å². The van der Waals surface area contributed by atoms with Crippen molar-refractivity contribution in [2.24, 2.45) is 0 Å². The Labute approximate surface area is 237 Å². The molecule has 0 unspecified atom stereocenters. The minimum absolute atomic E-state index is 0.00790. The molecule has 1 aliphatic carbocycles. The van der Waals surface area contributed by atoms with Gasteiger partial charge in [-0.3, -0.25) is 14.5 Å². The van der Waals surface area contributed by atoms with Crippen LogP contribution in [0.2, 0.25) is 0 Å². The molecule has 6 rings (SSSR count). The van der Waals surface area contributed by atoms with Crippen LogP contribution in [0.5, 0.6) is 17.2 Å². The molecule has 0 aromatic heterocycles. The van der Waals surface area contributed by atoms with Crippen LogP contribution in [0.25, 0.3) is 0 Å². The second kappa shape index (κ2) is 9.75. The van der Waals surface area contributed by atoms with E-state index >= 15 is 0 Å². The van der Waals surface area contributed by atoms with Gasteiger partial charge in [-0.05, 0) is 40.5 Å². The van der Waals surface area contributed by atoms with Gasteiger partial charge in [0.05, 0.1) is 25.3 Å². The summed E-state index contributed by atoms with van der Waals surface area (Å²) in [5.74, 6) is -0.250. The minimum atomic E-state index is -0.748. The van der Waals surface area contributed by atoms with Gasteiger partial charge in [0, 0.05) is 51.1 Å². The Bertz CT molecular complexity index is 1550. The Balaban J connectivity index is 1.53. The standard InChI is InChI=1S/C30H31N3O8/c1-6-12(2)30(37)39-10-20-21-16(25(35)14(4)28-29(21)41-11-40-28)8-18-23-22-15(7-17(32-23)19(9-31)33(18)20)24(34)13(3)27(38-5)26(22)36/h6,17-20,23,32,35H,7-8,10-11H2,1-5H3/b12-6-/t17-,18-,19-,20-,23-/m0/s1. The van der Waals surface area contributed by atoms with Crippen LogP contribution in [0.15, 0.2) is 34.1 Å². The Kier molecular flexibility index (Phi) is 6.43. The van der Waals surface area contributed by atoms with Crippen molar-refractivity contribution in [3.8, 4) is 23.3 Å². The largest absolute Gasteiger partial charge is 0.507 e. The third kappa shape index (κ3) is 3.74. The molecule has 11 nitrogen and oxygen atoms in total. The lowest BCUT2D eigenvalue weighted by Crippen LogP contribution is -2.72. The number of allylic oxidation sites excluding steroid dienone is 3. The molecule has 11 heteroatoms. The highest BCUT2D eigenvalue weighted by Crippen LogP contribution is 2.54. The molecule has 0 saturated carbocycles. The smallest absolute Gasteiger partial charge is 0.333 e. The van der Waals surface area contributed by atoms with Crippen LogP contribution in [0.1, 0.15) is 49.9 Å². The fourth-order valence-corrected chi connectivity index (χ4v) is 6.98. The van der Waals surface area contributed by atoms with E-state index < -0.39 is 36.2 Å². The zero-order valence-electron chi connectivity index (χ0n) is 23.5. The number of nitriles is 1. The maximum Gasteiger partial charge on any atom is 0.333 e. The van der Waals surface area contributed by atoms with E-state index in [0.29, 0.717) is 44.9 Å². The average Bonchev–Trinajstić information content (AvgIpc) is 3.47. The number of carbonyl (C=O) groups is 3. The van der Waals surface area contributed by atoms with E-state index in [-0.39, 0.29) is 54.9 Å². The number of hydrogen-bond donors (Lipinski definition) is 2. The first-order chi connectivity index (χ1) is 19.6. The summed E-state index contributed by atoms with van der Waals surface area (Å²) in [6.07, 6.45) is 2.07. The van der Waals surface area contributed by atoms with Crippen molar-refractivity contribution in [2.75, 3.05) is 20.5 Å². The van der Waals surface area contributed by atoms with E-state index in [1.807, 2.05) is 4.90 Å². The molecule has 2 bridgehead atoms. The molecule has 0 amide bonds. The lowest BCUT2D eigenvalue weighted by atomic mass is 9.69. The van der Waals surface area contributed by atoms with Crippen LogP contribution in [0, 0.1) is 18.3 Å². The third-order valence-corrected chi connectivity index (χ3v) is 9.06. The van der Waals surface area contributed by atoms with Gasteiger partial charge in [0.25, 0.3) is 0 Å². The van der Waals surface area contributed by atoms with Gasteiger partial charge in [0.2, 0.25) is 12.6 Å². The molecule has 1 saturated heterocycles. The summed E-state index contributed by atoms with van der Waals surface area (Å²) in [6, 6.07) is -0.702. The number of fused-ring (bicyclic) bond motifs is 8. The normalized spacial score (nSPS) is 28.6. The molecule has 0 radical (unpaired) electrons. The number of aromatic hydroxyl groups is 1. The fourth-order valence-electron chi connectivity index (χ4n) is 6.98. The van der Waals surface area contributed by atoms with Gasteiger partial charge < -0.3 is 29.4 Å². The number of rotatable bonds is 4. The van der Waals surface area contributed by atoms with Gasteiger partial charge in [-0.25, -0.2) is 4.79 Å². The summed E-state index contributed by atoms with van der Waals surface area (Å²) in [5, 5.41) is 25.4. The highest BCUT2D eigenvalue weighted by Gasteiger charge is 2.57. The number of esters is 1. The van der Waals surface area contributed by atoms with Crippen molar-refractivity contribution in [2.45, 2.75) is 70.7 Å². The Hall–Kier alpha value is -4.14. The Morgan fingerprint density at radius 3 is 2.63 bits per heavy atom. The van der Waals surface area contributed by atoms with Gasteiger partial charge in [-0.2, -0.15) is 5.26 Å². The minimum Gasteiger partial charge on any atom is -0.507 e. The van der Waals surface area contributed by atoms with Crippen molar-refractivity contribution in [3.63, 3.8) is 0 Å². The molecule has 214 valence electrons. The number of phenolic OH excluding ortho intramolecular Hbond substituents is 1. The molecule has 2 N–H and O–H groups in total. The van der Waals surface area contributed by atoms with Crippen LogP contribution in [-0.2, 0) is 30.3 Å². The van der Waals surface area contributed by atoms with Crippen molar-refractivity contribution in [3.05, 3.63) is 50.8 Å². The van der Waals surface area contributed by atoms with Gasteiger partial charge in [-0.1, -0.05) is 6.08 Å². The monoisotopic (exact) mass is 561 g/mol. The van der Waals surface area contributed by atoms with E-state index in [1.165, 1.54) is 7.11 Å². The second-order valence-corrected chi connectivity index (χ2v) is 11.0. The number of Topliss-reactive ketones (excluding diaryl/α,β-unsaturated/α-hetero) is 2. The number of carbonyl (C=O) groups excluding carboxylic acids is 3. The number of benzene rings is 1. The van der Waals surface area contributed by atoms with Crippen LogP contribution in [0.3, 0.4) is 0 Å². The fraction of sp³-hybridized carbons (Fsp3) is 0.467. The van der Waals surface area contributed by atoms with E-state index in [2.05, 4.69) is 11.4 Å². The van der Waals surface area contributed by atoms with Crippen molar-refractivity contribution in [1.29, 1.82) is 5.26 Å². The maximum absolute atomic E-state index is 13.7. The highest BCUT2D eigenvalue weighted by atomic mass is 16.7. The maximum atomic E-state index is 13.7. The predicted molar refractivity (Wildman–Crippen MR) is 143 cm³/mol. The zero-order valence-corrected chi connectivity index (χ0v) is 23.5. The Morgan fingerprint density at radius 2 is 1.95 bits per heavy atom. The summed E-state index contributed by atoms with van der Waals surface area (Å²) in [6.45, 7) is 6.53. The summed E-state index contributed by atoms with van der Waals surface area (Å²) in [7, 11) is 1.37. The third-order valence-electron chi connectivity index (χ3n) is 9.06. The molecule has 1 aromatic rings. The van der Waals surface area contributed by atoms with E-state index in [9.17, 15) is 24.8 Å². The quantitative estimate of drug-likeness (QED) is 0.317. The molecule has 1 aromatic carbocycles.